The number of aromatic carboxylic acids is 1. The van der Waals surface area contributed by atoms with Crippen LogP contribution in [0.4, 0.5) is 13.2 Å². The normalized spacial score (nSPS) is 11.7. The maximum Gasteiger partial charge on any atom is 0.418 e. The summed E-state index contributed by atoms with van der Waals surface area (Å²) in [6.45, 7) is 0.871. The van der Waals surface area contributed by atoms with E-state index in [1.54, 1.807) is 22.9 Å². The monoisotopic (exact) mass is 516 g/mol. The Morgan fingerprint density at radius 2 is 1.50 bits per heavy atom. The van der Waals surface area contributed by atoms with Gasteiger partial charge in [0.05, 0.1) is 36.6 Å². The second-order valence-electron chi connectivity index (χ2n) is 8.89. The van der Waals surface area contributed by atoms with Crippen LogP contribution >= 0.6 is 0 Å². The second kappa shape index (κ2) is 10.5. The number of rotatable bonds is 8. The molecular formula is C30H23F3N2O3. The number of benzene rings is 4. The predicted octanol–water partition coefficient (Wildman–Crippen LogP) is 7.19. The van der Waals surface area contributed by atoms with Gasteiger partial charge in [-0.1, -0.05) is 72.8 Å². The molecule has 0 aliphatic heterocycles. The lowest BCUT2D eigenvalue weighted by Gasteiger charge is -2.11. The first-order chi connectivity index (χ1) is 18.3. The molecule has 5 aromatic rings. The van der Waals surface area contributed by atoms with Crippen LogP contribution in [-0.4, -0.2) is 20.9 Å². The minimum atomic E-state index is -4.53. The number of nitrogens with zero attached hydrogens (tertiary/aromatic N) is 2. The van der Waals surface area contributed by atoms with Crippen LogP contribution in [-0.2, 0) is 30.7 Å². The number of hydrogen-bond donors (Lipinski definition) is 1. The predicted molar refractivity (Wildman–Crippen MR) is 138 cm³/mol. The fraction of sp³-hybridized carbons (Fsp3) is 0.133. The standard InChI is InChI=1S/C30H23F3N2O3/c31-30(32,33)26-11-5-10-25-27(26)34-35(17-20-6-2-1-3-7-20)28(25)24-9-4-8-22(16-24)19-38-18-21-12-14-23(15-13-21)29(36)37/h1-16H,17-19H2,(H,36,37). The third kappa shape index (κ3) is 5.45. The molecule has 38 heavy (non-hydrogen) atoms. The number of alkyl halides is 3. The smallest absolute Gasteiger partial charge is 0.418 e. The van der Waals surface area contributed by atoms with E-state index >= 15 is 0 Å². The lowest BCUT2D eigenvalue weighted by molar-refractivity contribution is -0.136. The SMILES string of the molecule is O=C(O)c1ccc(COCc2cccc(-c3c4cccc(C(F)(F)F)c4nn3Cc3ccccc3)c2)cc1. The summed E-state index contributed by atoms with van der Waals surface area (Å²) < 4.78 is 48.9. The van der Waals surface area contributed by atoms with Crippen LogP contribution in [0.3, 0.4) is 0 Å². The number of carboxylic acid groups (broad SMARTS) is 1. The molecule has 1 N–H and O–H groups in total. The van der Waals surface area contributed by atoms with E-state index in [1.807, 2.05) is 54.6 Å². The molecule has 0 aliphatic rings. The molecule has 0 saturated heterocycles. The highest BCUT2D eigenvalue weighted by Crippen LogP contribution is 2.38. The van der Waals surface area contributed by atoms with Gasteiger partial charge in [-0.25, -0.2) is 4.79 Å². The summed E-state index contributed by atoms with van der Waals surface area (Å²) in [5.74, 6) is -0.990. The molecule has 192 valence electrons. The van der Waals surface area contributed by atoms with Crippen LogP contribution in [0.25, 0.3) is 22.2 Å². The zero-order valence-corrected chi connectivity index (χ0v) is 20.2. The Morgan fingerprint density at radius 3 is 2.21 bits per heavy atom. The van der Waals surface area contributed by atoms with Crippen molar-refractivity contribution in [3.63, 3.8) is 0 Å². The first-order valence-electron chi connectivity index (χ1n) is 11.9. The van der Waals surface area contributed by atoms with E-state index in [0.29, 0.717) is 17.6 Å². The zero-order valence-electron chi connectivity index (χ0n) is 20.2. The van der Waals surface area contributed by atoms with E-state index in [9.17, 15) is 18.0 Å². The van der Waals surface area contributed by atoms with Gasteiger partial charge in [-0.15, -0.1) is 0 Å². The van der Waals surface area contributed by atoms with Crippen molar-refractivity contribution in [2.24, 2.45) is 0 Å². The molecule has 0 saturated carbocycles. The summed E-state index contributed by atoms with van der Waals surface area (Å²) in [6, 6.07) is 27.5. The summed E-state index contributed by atoms with van der Waals surface area (Å²) in [5, 5.41) is 13.9. The Kier molecular flexibility index (Phi) is 6.98. The average molecular weight is 517 g/mol. The van der Waals surface area contributed by atoms with E-state index in [2.05, 4.69) is 5.10 Å². The first-order valence-corrected chi connectivity index (χ1v) is 11.9. The first kappa shape index (κ1) is 25.2. The van der Waals surface area contributed by atoms with Crippen molar-refractivity contribution in [1.82, 2.24) is 9.78 Å². The number of hydrogen-bond acceptors (Lipinski definition) is 3. The van der Waals surface area contributed by atoms with Crippen molar-refractivity contribution < 1.29 is 27.8 Å². The second-order valence-corrected chi connectivity index (χ2v) is 8.89. The maximum absolute atomic E-state index is 13.8. The van der Waals surface area contributed by atoms with Crippen LogP contribution in [0.15, 0.2) is 97.1 Å². The van der Waals surface area contributed by atoms with Crippen molar-refractivity contribution in [1.29, 1.82) is 0 Å². The minimum Gasteiger partial charge on any atom is -0.478 e. The van der Waals surface area contributed by atoms with E-state index < -0.39 is 17.7 Å². The molecule has 0 amide bonds. The number of fused-ring (bicyclic) bond motifs is 1. The van der Waals surface area contributed by atoms with Crippen LogP contribution in [0, 0.1) is 0 Å². The third-order valence-electron chi connectivity index (χ3n) is 6.19. The zero-order chi connectivity index (χ0) is 26.7. The molecule has 1 aromatic heterocycles. The van der Waals surface area contributed by atoms with Gasteiger partial charge in [0.2, 0.25) is 0 Å². The highest BCUT2D eigenvalue weighted by atomic mass is 19.4. The molecule has 0 unspecified atom stereocenters. The van der Waals surface area contributed by atoms with Gasteiger partial charge in [0.15, 0.2) is 0 Å². The van der Waals surface area contributed by atoms with E-state index in [4.69, 9.17) is 9.84 Å². The number of aromatic nitrogens is 2. The van der Waals surface area contributed by atoms with Crippen molar-refractivity contribution >= 4 is 16.9 Å². The number of carboxylic acids is 1. The van der Waals surface area contributed by atoms with Crippen molar-refractivity contribution in [3.8, 4) is 11.3 Å². The van der Waals surface area contributed by atoms with Gasteiger partial charge in [0, 0.05) is 10.9 Å². The largest absolute Gasteiger partial charge is 0.478 e. The molecular weight excluding hydrogens is 493 g/mol. The number of ether oxygens (including phenoxy) is 1. The molecule has 4 aromatic carbocycles. The Bertz CT molecular complexity index is 1580. The third-order valence-corrected chi connectivity index (χ3v) is 6.19. The quantitative estimate of drug-likeness (QED) is 0.237. The Balaban J connectivity index is 1.46. The summed E-state index contributed by atoms with van der Waals surface area (Å²) in [7, 11) is 0. The van der Waals surface area contributed by atoms with Crippen LogP contribution in [0.2, 0.25) is 0 Å². The topological polar surface area (TPSA) is 64.3 Å². The van der Waals surface area contributed by atoms with E-state index in [-0.39, 0.29) is 24.3 Å². The van der Waals surface area contributed by atoms with Crippen LogP contribution in [0.5, 0.6) is 0 Å². The molecule has 0 bridgehead atoms. The molecule has 8 heteroatoms. The molecule has 0 atom stereocenters. The van der Waals surface area contributed by atoms with Crippen molar-refractivity contribution in [3.05, 3.63) is 125 Å². The van der Waals surface area contributed by atoms with E-state index in [1.165, 1.54) is 18.2 Å². The van der Waals surface area contributed by atoms with E-state index in [0.717, 1.165) is 28.3 Å². The van der Waals surface area contributed by atoms with Crippen LogP contribution < -0.4 is 0 Å². The van der Waals surface area contributed by atoms with Gasteiger partial charge in [-0.2, -0.15) is 18.3 Å². The summed E-state index contributed by atoms with van der Waals surface area (Å²) in [4.78, 5) is 11.0. The molecule has 1 heterocycles. The van der Waals surface area contributed by atoms with Gasteiger partial charge in [0.1, 0.15) is 5.52 Å². The summed E-state index contributed by atoms with van der Waals surface area (Å²) in [5.41, 5.74) is 3.28. The highest BCUT2D eigenvalue weighted by Gasteiger charge is 2.34. The minimum absolute atomic E-state index is 0.0857. The lowest BCUT2D eigenvalue weighted by Crippen LogP contribution is -2.06. The molecule has 0 spiro atoms. The maximum atomic E-state index is 13.8. The molecule has 0 fully saturated rings. The Labute approximate surface area is 216 Å². The van der Waals surface area contributed by atoms with Gasteiger partial charge in [-0.3, -0.25) is 4.68 Å². The van der Waals surface area contributed by atoms with Crippen molar-refractivity contribution in [2.75, 3.05) is 0 Å². The fourth-order valence-electron chi connectivity index (χ4n) is 4.39. The van der Waals surface area contributed by atoms with Gasteiger partial charge in [-0.05, 0) is 41.0 Å². The van der Waals surface area contributed by atoms with Crippen molar-refractivity contribution in [2.45, 2.75) is 25.9 Å². The number of carbonyl (C=O) groups is 1. The molecule has 5 nitrogen and oxygen atoms in total. The molecule has 5 rings (SSSR count). The van der Waals surface area contributed by atoms with Gasteiger partial charge < -0.3 is 9.84 Å². The number of halogens is 3. The highest BCUT2D eigenvalue weighted by molar-refractivity contribution is 5.95. The lowest BCUT2D eigenvalue weighted by atomic mass is 10.0. The average Bonchev–Trinajstić information content (AvgIpc) is 3.27. The fourth-order valence-corrected chi connectivity index (χ4v) is 4.39. The van der Waals surface area contributed by atoms with Crippen LogP contribution in [0.1, 0.15) is 32.6 Å². The van der Waals surface area contributed by atoms with Gasteiger partial charge >= 0.3 is 12.1 Å². The Hall–Kier alpha value is -4.43. The van der Waals surface area contributed by atoms with Gasteiger partial charge in [0.25, 0.3) is 0 Å². The Morgan fingerprint density at radius 1 is 0.816 bits per heavy atom. The molecule has 0 radical (unpaired) electrons. The summed E-state index contributed by atoms with van der Waals surface area (Å²) >= 11 is 0. The molecule has 0 aliphatic carbocycles. The summed E-state index contributed by atoms with van der Waals surface area (Å²) in [6.07, 6.45) is -4.53.